The molecule has 38 heavy (non-hydrogen) atoms. The van der Waals surface area contributed by atoms with E-state index in [9.17, 15) is 8.78 Å². The molecule has 0 amide bonds. The number of aromatic nitrogens is 6. The smallest absolute Gasteiger partial charge is 0.229 e. The maximum atomic E-state index is 15.0. The number of anilines is 2. The molecule has 1 saturated heterocycles. The van der Waals surface area contributed by atoms with Gasteiger partial charge in [-0.25, -0.2) is 28.7 Å². The highest BCUT2D eigenvalue weighted by Gasteiger charge is 2.19. The summed E-state index contributed by atoms with van der Waals surface area (Å²) in [6.45, 7) is 8.84. The first kappa shape index (κ1) is 24.4. The number of ether oxygens (including phenoxy) is 1. The molecule has 196 valence electrons. The Balaban J connectivity index is 1.29. The number of morpholine rings is 1. The van der Waals surface area contributed by atoms with Crippen LogP contribution in [0.2, 0.25) is 0 Å². The lowest BCUT2D eigenvalue weighted by Gasteiger charge is -2.24. The number of hydrogen-bond acceptors (Lipinski definition) is 7. The third-order valence-corrected chi connectivity index (χ3v) is 6.77. The Morgan fingerprint density at radius 2 is 1.97 bits per heavy atom. The fourth-order valence-electron chi connectivity index (χ4n) is 5.09. The zero-order valence-corrected chi connectivity index (χ0v) is 21.4. The Morgan fingerprint density at radius 3 is 2.76 bits per heavy atom. The topological polar surface area (TPSA) is 94.7 Å². The van der Waals surface area contributed by atoms with Gasteiger partial charge in [0.15, 0.2) is 11.6 Å². The Morgan fingerprint density at radius 1 is 1.11 bits per heavy atom. The van der Waals surface area contributed by atoms with Gasteiger partial charge in [-0.1, -0.05) is 0 Å². The molecule has 9 nitrogen and oxygen atoms in total. The molecular formula is C27H28F2N8O. The predicted molar refractivity (Wildman–Crippen MR) is 141 cm³/mol. The van der Waals surface area contributed by atoms with Gasteiger partial charge in [-0.2, -0.15) is 0 Å². The van der Waals surface area contributed by atoms with Gasteiger partial charge in [-0.3, -0.25) is 0 Å². The summed E-state index contributed by atoms with van der Waals surface area (Å²) in [6.07, 6.45) is 4.88. The van der Waals surface area contributed by atoms with E-state index >= 15 is 0 Å². The third-order valence-electron chi connectivity index (χ3n) is 6.77. The molecule has 4 aromatic heterocycles. The zero-order chi connectivity index (χ0) is 26.4. The van der Waals surface area contributed by atoms with E-state index in [0.717, 1.165) is 36.8 Å². The number of nitrogens with zero attached hydrogens (tertiary/aromatic N) is 6. The van der Waals surface area contributed by atoms with Gasteiger partial charge < -0.3 is 24.5 Å². The van der Waals surface area contributed by atoms with Gasteiger partial charge in [-0.15, -0.1) is 0 Å². The van der Waals surface area contributed by atoms with Crippen molar-refractivity contribution in [3.8, 4) is 11.3 Å². The summed E-state index contributed by atoms with van der Waals surface area (Å²) < 4.78 is 39.5. The van der Waals surface area contributed by atoms with E-state index in [0.29, 0.717) is 29.3 Å². The van der Waals surface area contributed by atoms with Gasteiger partial charge in [0.2, 0.25) is 5.95 Å². The van der Waals surface area contributed by atoms with E-state index in [1.54, 1.807) is 12.3 Å². The first-order valence-corrected chi connectivity index (χ1v) is 12.6. The number of pyridine rings is 1. The molecule has 1 aliphatic heterocycles. The molecule has 1 aliphatic rings. The number of benzene rings is 1. The molecule has 6 rings (SSSR count). The van der Waals surface area contributed by atoms with Gasteiger partial charge in [0.05, 0.1) is 36.6 Å². The summed E-state index contributed by atoms with van der Waals surface area (Å²) >= 11 is 0. The maximum Gasteiger partial charge on any atom is 0.229 e. The van der Waals surface area contributed by atoms with Crippen molar-refractivity contribution in [2.75, 3.05) is 25.1 Å². The number of rotatable bonds is 6. The van der Waals surface area contributed by atoms with E-state index in [1.807, 2.05) is 43.7 Å². The molecule has 1 aromatic carbocycles. The van der Waals surface area contributed by atoms with Crippen LogP contribution in [-0.4, -0.2) is 54.9 Å². The molecule has 0 bridgehead atoms. The number of aryl methyl sites for hydroxylation is 1. The first-order valence-electron chi connectivity index (χ1n) is 12.6. The second-order valence-corrected chi connectivity index (χ2v) is 9.79. The average Bonchev–Trinajstić information content (AvgIpc) is 3.45. The highest BCUT2D eigenvalue weighted by atomic mass is 19.1. The van der Waals surface area contributed by atoms with Crippen molar-refractivity contribution in [2.45, 2.75) is 39.4 Å². The highest BCUT2D eigenvalue weighted by Crippen LogP contribution is 2.30. The summed E-state index contributed by atoms with van der Waals surface area (Å²) in [5.41, 5.74) is 2.13. The number of imidazole rings is 1. The highest BCUT2D eigenvalue weighted by molar-refractivity contribution is 5.84. The van der Waals surface area contributed by atoms with E-state index in [2.05, 4.69) is 35.1 Å². The largest absolute Gasteiger partial charge is 0.378 e. The molecule has 5 aromatic rings. The van der Waals surface area contributed by atoms with E-state index in [4.69, 9.17) is 4.74 Å². The fourth-order valence-corrected chi connectivity index (χ4v) is 5.09. The second-order valence-electron chi connectivity index (χ2n) is 9.79. The van der Waals surface area contributed by atoms with Crippen LogP contribution in [0, 0.1) is 18.6 Å². The summed E-state index contributed by atoms with van der Waals surface area (Å²) in [5.74, 6) is 0.184. The molecule has 0 spiro atoms. The zero-order valence-electron chi connectivity index (χ0n) is 21.4. The molecule has 1 atom stereocenters. The normalized spacial score (nSPS) is 16.1. The molecule has 0 radical (unpaired) electrons. The van der Waals surface area contributed by atoms with Crippen LogP contribution in [0.25, 0.3) is 33.2 Å². The number of halogens is 2. The van der Waals surface area contributed by atoms with Crippen molar-refractivity contribution in [1.29, 1.82) is 0 Å². The monoisotopic (exact) mass is 518 g/mol. The first-order chi connectivity index (χ1) is 18.4. The van der Waals surface area contributed by atoms with Gasteiger partial charge in [0.25, 0.3) is 0 Å². The van der Waals surface area contributed by atoms with Crippen molar-refractivity contribution >= 4 is 33.7 Å². The van der Waals surface area contributed by atoms with Gasteiger partial charge in [0.1, 0.15) is 22.9 Å². The van der Waals surface area contributed by atoms with E-state index in [1.165, 1.54) is 6.07 Å². The number of nitrogens with one attached hydrogen (secondary N) is 2. The quantitative estimate of drug-likeness (QED) is 0.335. The third kappa shape index (κ3) is 4.48. The second kappa shape index (κ2) is 9.73. The van der Waals surface area contributed by atoms with Crippen LogP contribution < -0.4 is 10.6 Å². The minimum atomic E-state index is -0.651. The lowest BCUT2D eigenvalue weighted by molar-refractivity contribution is 0.0718. The molecule has 11 heteroatoms. The maximum absolute atomic E-state index is 15.0. The van der Waals surface area contributed by atoms with Crippen LogP contribution >= 0.6 is 0 Å². The Labute approximate surface area is 217 Å². The molecular weight excluding hydrogens is 490 g/mol. The molecule has 0 aliphatic carbocycles. The van der Waals surface area contributed by atoms with Crippen molar-refractivity contribution in [1.82, 2.24) is 34.4 Å². The molecule has 1 unspecified atom stereocenters. The summed E-state index contributed by atoms with van der Waals surface area (Å²) in [6, 6.07) is 7.18. The van der Waals surface area contributed by atoms with Crippen LogP contribution in [0.1, 0.15) is 25.7 Å². The molecule has 5 heterocycles. The predicted octanol–water partition coefficient (Wildman–Crippen LogP) is 4.74. The van der Waals surface area contributed by atoms with Crippen LogP contribution in [0.15, 0.2) is 42.9 Å². The van der Waals surface area contributed by atoms with Crippen LogP contribution in [0.3, 0.4) is 0 Å². The number of fused-ring (bicyclic) bond motifs is 2. The summed E-state index contributed by atoms with van der Waals surface area (Å²) in [7, 11) is 0. The minimum absolute atomic E-state index is 0.00751. The van der Waals surface area contributed by atoms with Gasteiger partial charge in [0, 0.05) is 42.3 Å². The summed E-state index contributed by atoms with van der Waals surface area (Å²) in [5, 5.41) is 7.51. The van der Waals surface area contributed by atoms with E-state index in [-0.39, 0.29) is 29.2 Å². The summed E-state index contributed by atoms with van der Waals surface area (Å²) in [4.78, 5) is 17.3. The number of hydrogen-bond donors (Lipinski definition) is 2. The Hall–Kier alpha value is -3.96. The SMILES string of the molecule is Cc1nc2c(F)cc(-c3nc(Nc4cc5ccn(CC6COCCN6)c5cn4)ncc3F)cc2n1C(C)C. The standard InChI is InChI=1S/C27H28F2N8O/c1-15(2)37-16(3)33-26-20(28)8-18(9-22(26)37)25-21(29)11-32-27(35-25)34-24-10-17-4-6-36(23(17)12-31-24)13-19-14-38-7-5-30-19/h4,6,8-12,15,19,30H,5,7,13-14H2,1-3H3,(H,31,32,34,35). The van der Waals surface area contributed by atoms with Crippen molar-refractivity contribution in [3.63, 3.8) is 0 Å². The van der Waals surface area contributed by atoms with E-state index < -0.39 is 11.6 Å². The van der Waals surface area contributed by atoms with Crippen molar-refractivity contribution < 1.29 is 13.5 Å². The fraction of sp³-hybridized carbons (Fsp3) is 0.333. The van der Waals surface area contributed by atoms with Gasteiger partial charge >= 0.3 is 0 Å². The van der Waals surface area contributed by atoms with Crippen LogP contribution in [0.4, 0.5) is 20.5 Å². The van der Waals surface area contributed by atoms with Crippen molar-refractivity contribution in [2.24, 2.45) is 0 Å². The van der Waals surface area contributed by atoms with Gasteiger partial charge in [-0.05, 0) is 45.0 Å². The Kier molecular flexibility index (Phi) is 6.24. The minimum Gasteiger partial charge on any atom is -0.378 e. The lowest BCUT2D eigenvalue weighted by atomic mass is 10.1. The molecule has 2 N–H and O–H groups in total. The average molecular weight is 519 g/mol. The lowest BCUT2D eigenvalue weighted by Crippen LogP contribution is -2.43. The Bertz CT molecular complexity index is 1640. The molecule has 0 saturated carbocycles. The van der Waals surface area contributed by atoms with Crippen LogP contribution in [0.5, 0.6) is 0 Å². The van der Waals surface area contributed by atoms with Crippen LogP contribution in [-0.2, 0) is 11.3 Å². The van der Waals surface area contributed by atoms with Crippen molar-refractivity contribution in [3.05, 3.63) is 60.3 Å². The molecule has 1 fully saturated rings.